The Balaban J connectivity index is 1.72. The summed E-state index contributed by atoms with van der Waals surface area (Å²) in [5.74, 6) is 0.860. The number of amides is 1. The maximum absolute atomic E-state index is 11.7. The molecule has 0 radical (unpaired) electrons. The van der Waals surface area contributed by atoms with Crippen molar-refractivity contribution >= 4 is 47.1 Å². The van der Waals surface area contributed by atoms with Gasteiger partial charge in [-0.2, -0.15) is 5.10 Å². The molecule has 2 aromatic rings. The lowest BCUT2D eigenvalue weighted by Gasteiger charge is -2.03. The van der Waals surface area contributed by atoms with Gasteiger partial charge in [0.1, 0.15) is 0 Å². The van der Waals surface area contributed by atoms with Gasteiger partial charge < -0.3 is 0 Å². The fourth-order valence-electron chi connectivity index (χ4n) is 1.63. The predicted molar refractivity (Wildman–Crippen MR) is 94.8 cm³/mol. The SMILES string of the molecule is O=C(CSCc1ccccc1Cl)N/N=C\c1ccc(Cl)cc1. The maximum atomic E-state index is 11.7. The van der Waals surface area contributed by atoms with E-state index in [2.05, 4.69) is 10.5 Å². The Morgan fingerprint density at radius 2 is 1.86 bits per heavy atom. The van der Waals surface area contributed by atoms with Crippen molar-refractivity contribution in [3.63, 3.8) is 0 Å². The first kappa shape index (κ1) is 16.9. The van der Waals surface area contributed by atoms with Gasteiger partial charge in [-0.3, -0.25) is 4.79 Å². The number of thioether (sulfide) groups is 1. The van der Waals surface area contributed by atoms with Gasteiger partial charge >= 0.3 is 0 Å². The summed E-state index contributed by atoms with van der Waals surface area (Å²) in [6.45, 7) is 0. The van der Waals surface area contributed by atoms with Gasteiger partial charge in [0.15, 0.2) is 0 Å². The molecule has 0 spiro atoms. The summed E-state index contributed by atoms with van der Waals surface area (Å²) >= 11 is 13.3. The minimum absolute atomic E-state index is 0.151. The number of nitrogens with zero attached hydrogens (tertiary/aromatic N) is 1. The number of rotatable bonds is 6. The third-order valence-corrected chi connectivity index (χ3v) is 4.32. The van der Waals surface area contributed by atoms with E-state index >= 15 is 0 Å². The molecule has 0 saturated heterocycles. The van der Waals surface area contributed by atoms with Gasteiger partial charge in [0.25, 0.3) is 0 Å². The van der Waals surface area contributed by atoms with E-state index in [9.17, 15) is 4.79 Å². The first-order valence-electron chi connectivity index (χ1n) is 6.54. The molecule has 22 heavy (non-hydrogen) atoms. The molecule has 0 unspecified atom stereocenters. The summed E-state index contributed by atoms with van der Waals surface area (Å²) in [4.78, 5) is 11.7. The Hall–Kier alpha value is -1.49. The van der Waals surface area contributed by atoms with Gasteiger partial charge in [-0.15, -0.1) is 11.8 Å². The number of carbonyl (C=O) groups excluding carboxylic acids is 1. The minimum atomic E-state index is -0.151. The fourth-order valence-corrected chi connectivity index (χ4v) is 2.86. The zero-order chi connectivity index (χ0) is 15.8. The van der Waals surface area contributed by atoms with Crippen molar-refractivity contribution in [3.05, 3.63) is 69.7 Å². The minimum Gasteiger partial charge on any atom is -0.272 e. The molecule has 114 valence electrons. The van der Waals surface area contributed by atoms with Gasteiger partial charge in [-0.1, -0.05) is 53.5 Å². The van der Waals surface area contributed by atoms with Crippen LogP contribution in [-0.2, 0) is 10.5 Å². The van der Waals surface area contributed by atoms with Crippen LogP contribution in [-0.4, -0.2) is 17.9 Å². The molecule has 3 nitrogen and oxygen atoms in total. The van der Waals surface area contributed by atoms with E-state index in [1.165, 1.54) is 11.8 Å². The van der Waals surface area contributed by atoms with Crippen molar-refractivity contribution in [2.75, 3.05) is 5.75 Å². The molecule has 0 fully saturated rings. The van der Waals surface area contributed by atoms with Crippen LogP contribution in [0.5, 0.6) is 0 Å². The number of hydrazone groups is 1. The topological polar surface area (TPSA) is 41.5 Å². The van der Waals surface area contributed by atoms with Gasteiger partial charge in [0.05, 0.1) is 12.0 Å². The third-order valence-electron chi connectivity index (χ3n) is 2.72. The molecule has 0 saturated carbocycles. The molecule has 0 aliphatic carbocycles. The van der Waals surface area contributed by atoms with Crippen molar-refractivity contribution in [3.8, 4) is 0 Å². The number of carbonyl (C=O) groups is 1. The zero-order valence-electron chi connectivity index (χ0n) is 11.6. The third kappa shape index (κ3) is 5.72. The van der Waals surface area contributed by atoms with Crippen LogP contribution in [0.4, 0.5) is 0 Å². The standard InChI is InChI=1S/C16H14Cl2N2OS/c17-14-7-5-12(6-8-14)9-19-20-16(21)11-22-10-13-3-1-2-4-15(13)18/h1-9H,10-11H2,(H,20,21)/b19-9-. The number of hydrogen-bond donors (Lipinski definition) is 1. The van der Waals surface area contributed by atoms with Crippen LogP contribution in [0.3, 0.4) is 0 Å². The lowest BCUT2D eigenvalue weighted by Crippen LogP contribution is -2.19. The normalized spacial score (nSPS) is 10.8. The van der Waals surface area contributed by atoms with Crippen molar-refractivity contribution < 1.29 is 4.79 Å². The van der Waals surface area contributed by atoms with E-state index in [1.54, 1.807) is 18.3 Å². The molecule has 0 atom stereocenters. The van der Waals surface area contributed by atoms with Crippen LogP contribution < -0.4 is 5.43 Å². The summed E-state index contributed by atoms with van der Waals surface area (Å²) in [5.41, 5.74) is 4.38. The smallest absolute Gasteiger partial charge is 0.250 e. The lowest BCUT2D eigenvalue weighted by atomic mass is 10.2. The Morgan fingerprint density at radius 3 is 2.59 bits per heavy atom. The lowest BCUT2D eigenvalue weighted by molar-refractivity contribution is -0.118. The highest BCUT2D eigenvalue weighted by Gasteiger charge is 2.03. The molecule has 2 aromatic carbocycles. The predicted octanol–water partition coefficient (Wildman–Crippen LogP) is 4.38. The van der Waals surface area contributed by atoms with Crippen molar-refractivity contribution in [2.24, 2.45) is 5.10 Å². The summed E-state index contributed by atoms with van der Waals surface area (Å²) < 4.78 is 0. The molecule has 1 N–H and O–H groups in total. The molecular weight excluding hydrogens is 339 g/mol. The first-order chi connectivity index (χ1) is 10.6. The molecule has 0 aromatic heterocycles. The van der Waals surface area contributed by atoms with Crippen molar-refractivity contribution in [1.82, 2.24) is 5.43 Å². The first-order valence-corrected chi connectivity index (χ1v) is 8.45. The van der Waals surface area contributed by atoms with Crippen LogP contribution in [0.1, 0.15) is 11.1 Å². The van der Waals surface area contributed by atoms with Crippen LogP contribution in [0.15, 0.2) is 53.6 Å². The molecule has 0 heterocycles. The van der Waals surface area contributed by atoms with Crippen LogP contribution >= 0.6 is 35.0 Å². The Labute approximate surface area is 143 Å². The second kappa shape index (κ2) is 8.83. The summed E-state index contributed by atoms with van der Waals surface area (Å²) in [5, 5.41) is 5.29. The Bertz CT molecular complexity index is 659. The summed E-state index contributed by atoms with van der Waals surface area (Å²) in [7, 11) is 0. The fraction of sp³-hybridized carbons (Fsp3) is 0.125. The summed E-state index contributed by atoms with van der Waals surface area (Å²) in [6.07, 6.45) is 1.58. The largest absolute Gasteiger partial charge is 0.272 e. The number of nitrogens with one attached hydrogen (secondary N) is 1. The van der Waals surface area contributed by atoms with Gasteiger partial charge in [-0.05, 0) is 29.3 Å². The highest BCUT2D eigenvalue weighted by Crippen LogP contribution is 2.20. The summed E-state index contributed by atoms with van der Waals surface area (Å²) in [6, 6.07) is 14.8. The Morgan fingerprint density at radius 1 is 1.14 bits per heavy atom. The van der Waals surface area contributed by atoms with Crippen LogP contribution in [0.25, 0.3) is 0 Å². The molecule has 6 heteroatoms. The van der Waals surface area contributed by atoms with E-state index in [4.69, 9.17) is 23.2 Å². The van der Waals surface area contributed by atoms with Gasteiger partial charge in [0.2, 0.25) is 5.91 Å². The van der Waals surface area contributed by atoms with E-state index in [1.807, 2.05) is 36.4 Å². The monoisotopic (exact) mass is 352 g/mol. The second-order valence-corrected chi connectivity index (χ2v) is 6.26. The average Bonchev–Trinajstić information content (AvgIpc) is 2.51. The molecule has 2 rings (SSSR count). The van der Waals surface area contributed by atoms with E-state index < -0.39 is 0 Å². The quantitative estimate of drug-likeness (QED) is 0.619. The number of halogens is 2. The highest BCUT2D eigenvalue weighted by molar-refractivity contribution is 7.99. The molecule has 1 amide bonds. The van der Waals surface area contributed by atoms with E-state index in [-0.39, 0.29) is 5.91 Å². The molecule has 0 aliphatic rings. The van der Waals surface area contributed by atoms with E-state index in [0.717, 1.165) is 16.1 Å². The molecule has 0 bridgehead atoms. The second-order valence-electron chi connectivity index (χ2n) is 4.43. The number of benzene rings is 2. The maximum Gasteiger partial charge on any atom is 0.250 e. The van der Waals surface area contributed by atoms with Crippen molar-refractivity contribution in [2.45, 2.75) is 5.75 Å². The van der Waals surface area contributed by atoms with E-state index in [0.29, 0.717) is 16.5 Å². The van der Waals surface area contributed by atoms with Crippen LogP contribution in [0.2, 0.25) is 10.0 Å². The Kier molecular flexibility index (Phi) is 6.77. The average molecular weight is 353 g/mol. The van der Waals surface area contributed by atoms with Gasteiger partial charge in [0, 0.05) is 15.8 Å². The highest BCUT2D eigenvalue weighted by atomic mass is 35.5. The van der Waals surface area contributed by atoms with Gasteiger partial charge in [-0.25, -0.2) is 5.43 Å². The number of hydrogen-bond acceptors (Lipinski definition) is 3. The molecule has 0 aliphatic heterocycles. The zero-order valence-corrected chi connectivity index (χ0v) is 14.0. The molecular formula is C16H14Cl2N2OS. The van der Waals surface area contributed by atoms with Crippen LogP contribution in [0, 0.1) is 0 Å². The van der Waals surface area contributed by atoms with Crippen molar-refractivity contribution in [1.29, 1.82) is 0 Å².